The lowest BCUT2D eigenvalue weighted by Gasteiger charge is -2.23. The van der Waals surface area contributed by atoms with Crippen LogP contribution in [0.4, 0.5) is 10.5 Å². The van der Waals surface area contributed by atoms with Crippen molar-refractivity contribution in [1.29, 1.82) is 0 Å². The SMILES string of the molecule is CC(C)(C)OC(=O)N1C(=O)C(=Cc2cc(Cl)ccc2Cl)c2ccc(Cl)cc21. The zero-order valence-corrected chi connectivity index (χ0v) is 17.1. The first-order valence-electron chi connectivity index (χ1n) is 8.11. The van der Waals surface area contributed by atoms with Gasteiger partial charge >= 0.3 is 6.09 Å². The minimum absolute atomic E-state index is 0.302. The number of anilines is 1. The Bertz CT molecular complexity index is 977. The Labute approximate surface area is 172 Å². The third-order valence-electron chi connectivity index (χ3n) is 3.76. The van der Waals surface area contributed by atoms with Crippen molar-refractivity contribution in [3.8, 4) is 0 Å². The van der Waals surface area contributed by atoms with Crippen molar-refractivity contribution in [2.75, 3.05) is 4.90 Å². The predicted octanol–water partition coefficient (Wildman–Crippen LogP) is 6.47. The Morgan fingerprint density at radius 1 is 1.04 bits per heavy atom. The van der Waals surface area contributed by atoms with E-state index >= 15 is 0 Å². The molecule has 1 heterocycles. The third kappa shape index (κ3) is 4.13. The molecule has 2 aromatic carbocycles. The van der Waals surface area contributed by atoms with Gasteiger partial charge in [-0.3, -0.25) is 4.79 Å². The van der Waals surface area contributed by atoms with Crippen LogP contribution >= 0.6 is 34.8 Å². The topological polar surface area (TPSA) is 46.6 Å². The summed E-state index contributed by atoms with van der Waals surface area (Å²) in [6.45, 7) is 5.19. The zero-order valence-electron chi connectivity index (χ0n) is 14.8. The largest absolute Gasteiger partial charge is 0.443 e. The van der Waals surface area contributed by atoms with E-state index in [2.05, 4.69) is 0 Å². The van der Waals surface area contributed by atoms with Crippen molar-refractivity contribution < 1.29 is 14.3 Å². The molecule has 0 N–H and O–H groups in total. The summed E-state index contributed by atoms with van der Waals surface area (Å²) in [5.74, 6) is -0.516. The van der Waals surface area contributed by atoms with E-state index in [1.807, 2.05) is 0 Å². The van der Waals surface area contributed by atoms with Crippen molar-refractivity contribution in [3.63, 3.8) is 0 Å². The van der Waals surface area contributed by atoms with Crippen LogP contribution in [0, 0.1) is 0 Å². The second-order valence-electron chi connectivity index (χ2n) is 7.01. The van der Waals surface area contributed by atoms with Gasteiger partial charge in [0.2, 0.25) is 0 Å². The number of rotatable bonds is 1. The van der Waals surface area contributed by atoms with E-state index in [-0.39, 0.29) is 0 Å². The minimum Gasteiger partial charge on any atom is -0.443 e. The van der Waals surface area contributed by atoms with E-state index in [0.29, 0.717) is 37.5 Å². The number of amides is 2. The molecule has 2 aromatic rings. The van der Waals surface area contributed by atoms with Gasteiger partial charge in [-0.2, -0.15) is 0 Å². The molecule has 2 amide bonds. The molecule has 0 aromatic heterocycles. The normalized spacial score (nSPS) is 15.3. The van der Waals surface area contributed by atoms with Crippen LogP contribution in [0.15, 0.2) is 36.4 Å². The van der Waals surface area contributed by atoms with E-state index in [9.17, 15) is 9.59 Å². The Morgan fingerprint density at radius 3 is 2.33 bits per heavy atom. The third-order valence-corrected chi connectivity index (χ3v) is 4.57. The molecule has 0 saturated heterocycles. The molecule has 0 spiro atoms. The van der Waals surface area contributed by atoms with Gasteiger partial charge in [0.25, 0.3) is 5.91 Å². The number of ether oxygens (including phenoxy) is 1. The molecule has 1 aliphatic heterocycles. The smallest absolute Gasteiger partial charge is 0.422 e. The van der Waals surface area contributed by atoms with E-state index in [4.69, 9.17) is 39.5 Å². The van der Waals surface area contributed by atoms with Crippen molar-refractivity contribution in [2.45, 2.75) is 26.4 Å². The average Bonchev–Trinajstić information content (AvgIpc) is 2.80. The summed E-state index contributed by atoms with van der Waals surface area (Å²) in [5.41, 5.74) is 1.05. The molecule has 0 radical (unpaired) electrons. The van der Waals surface area contributed by atoms with Crippen molar-refractivity contribution in [3.05, 3.63) is 62.6 Å². The van der Waals surface area contributed by atoms with Gasteiger partial charge in [0, 0.05) is 20.6 Å². The zero-order chi connectivity index (χ0) is 19.9. The molecule has 0 saturated carbocycles. The van der Waals surface area contributed by atoms with Crippen LogP contribution in [0.2, 0.25) is 15.1 Å². The van der Waals surface area contributed by atoms with Crippen LogP contribution in [0.25, 0.3) is 11.6 Å². The van der Waals surface area contributed by atoms with Crippen LogP contribution in [-0.4, -0.2) is 17.6 Å². The monoisotopic (exact) mass is 423 g/mol. The molecule has 0 atom stereocenters. The molecule has 27 heavy (non-hydrogen) atoms. The fourth-order valence-electron chi connectivity index (χ4n) is 2.67. The quantitative estimate of drug-likeness (QED) is 0.493. The first-order chi connectivity index (χ1) is 12.6. The maximum absolute atomic E-state index is 13.0. The van der Waals surface area contributed by atoms with E-state index in [0.717, 1.165) is 4.90 Å². The lowest BCUT2D eigenvalue weighted by atomic mass is 10.0. The first-order valence-corrected chi connectivity index (χ1v) is 9.24. The maximum atomic E-state index is 13.0. The Kier molecular flexibility index (Phi) is 5.26. The number of carbonyl (C=O) groups is 2. The Morgan fingerprint density at radius 2 is 1.67 bits per heavy atom. The standard InChI is InChI=1S/C20H16Cl3NO3/c1-20(2,3)27-19(26)24-17-10-13(22)4-6-14(17)15(18(24)25)9-11-8-12(21)5-7-16(11)23/h4-10H,1-3H3. The predicted molar refractivity (Wildman–Crippen MR) is 110 cm³/mol. The molecule has 0 unspecified atom stereocenters. The number of hydrogen-bond acceptors (Lipinski definition) is 3. The first kappa shape index (κ1) is 19.7. The van der Waals surface area contributed by atoms with Gasteiger partial charge in [-0.25, -0.2) is 9.69 Å². The Hall–Kier alpha value is -2.01. The Balaban J connectivity index is 2.13. The van der Waals surface area contributed by atoms with Gasteiger partial charge in [0.05, 0.1) is 11.3 Å². The second kappa shape index (κ2) is 7.19. The van der Waals surface area contributed by atoms with E-state index < -0.39 is 17.6 Å². The molecule has 7 heteroatoms. The minimum atomic E-state index is -0.767. The van der Waals surface area contributed by atoms with Gasteiger partial charge in [0.1, 0.15) is 5.60 Å². The van der Waals surface area contributed by atoms with Crippen molar-refractivity contribution >= 4 is 64.1 Å². The molecular formula is C20H16Cl3NO3. The van der Waals surface area contributed by atoms with Crippen LogP contribution in [0.3, 0.4) is 0 Å². The fourth-order valence-corrected chi connectivity index (χ4v) is 3.19. The summed E-state index contributed by atoms with van der Waals surface area (Å²) in [4.78, 5) is 26.7. The summed E-state index contributed by atoms with van der Waals surface area (Å²) in [6.07, 6.45) is 0.838. The molecule has 0 bridgehead atoms. The number of carbonyl (C=O) groups excluding carboxylic acids is 2. The highest BCUT2D eigenvalue weighted by molar-refractivity contribution is 6.43. The second-order valence-corrected chi connectivity index (χ2v) is 8.29. The summed E-state index contributed by atoms with van der Waals surface area (Å²) in [6, 6.07) is 9.84. The molecule has 0 fully saturated rings. The summed E-state index contributed by atoms with van der Waals surface area (Å²) in [7, 11) is 0. The van der Waals surface area contributed by atoms with Crippen LogP contribution < -0.4 is 4.90 Å². The highest BCUT2D eigenvalue weighted by Gasteiger charge is 2.39. The molecular weight excluding hydrogens is 409 g/mol. The van der Waals surface area contributed by atoms with Gasteiger partial charge in [-0.15, -0.1) is 0 Å². The van der Waals surface area contributed by atoms with Crippen LogP contribution in [-0.2, 0) is 9.53 Å². The number of fused-ring (bicyclic) bond motifs is 1. The lowest BCUT2D eigenvalue weighted by Crippen LogP contribution is -2.38. The van der Waals surface area contributed by atoms with Crippen LogP contribution in [0.1, 0.15) is 31.9 Å². The highest BCUT2D eigenvalue weighted by atomic mass is 35.5. The van der Waals surface area contributed by atoms with Gasteiger partial charge < -0.3 is 4.74 Å². The van der Waals surface area contributed by atoms with Crippen LogP contribution in [0.5, 0.6) is 0 Å². The van der Waals surface area contributed by atoms with Crippen molar-refractivity contribution in [1.82, 2.24) is 0 Å². The molecule has 0 aliphatic carbocycles. The number of hydrogen-bond donors (Lipinski definition) is 0. The summed E-state index contributed by atoms with van der Waals surface area (Å²) in [5, 5.41) is 1.32. The number of benzene rings is 2. The molecule has 4 nitrogen and oxygen atoms in total. The fraction of sp³-hybridized carbons (Fsp3) is 0.200. The van der Waals surface area contributed by atoms with Gasteiger partial charge in [0.15, 0.2) is 0 Å². The number of nitrogens with zero attached hydrogens (tertiary/aromatic N) is 1. The van der Waals surface area contributed by atoms with E-state index in [1.165, 1.54) is 0 Å². The highest BCUT2D eigenvalue weighted by Crippen LogP contribution is 2.41. The summed E-state index contributed by atoms with van der Waals surface area (Å²) < 4.78 is 5.38. The number of imide groups is 1. The average molecular weight is 425 g/mol. The molecule has 1 aliphatic rings. The number of halogens is 3. The lowest BCUT2D eigenvalue weighted by molar-refractivity contribution is -0.112. The van der Waals surface area contributed by atoms with Gasteiger partial charge in [-0.1, -0.05) is 40.9 Å². The van der Waals surface area contributed by atoms with Crippen molar-refractivity contribution in [2.24, 2.45) is 0 Å². The summed E-state index contributed by atoms with van der Waals surface area (Å²) >= 11 is 18.3. The molecule has 3 rings (SSSR count). The van der Waals surface area contributed by atoms with E-state index in [1.54, 1.807) is 63.2 Å². The maximum Gasteiger partial charge on any atom is 0.422 e. The molecule has 140 valence electrons. The van der Waals surface area contributed by atoms with Gasteiger partial charge in [-0.05, 0) is 62.7 Å².